The molecule has 5 nitrogen and oxygen atoms in total. The monoisotopic (exact) mass is 348 g/mol. The molecule has 1 aromatic carbocycles. The van der Waals surface area contributed by atoms with Gasteiger partial charge in [-0.05, 0) is 29.6 Å². The van der Waals surface area contributed by atoms with Crippen molar-refractivity contribution in [3.63, 3.8) is 0 Å². The standard InChI is InChI=1S/C14H9ClN4OS2/c15-7-1-2-8-10(5-7)18-14(17-8)22-6-11-16-9-3-4-21-12(9)13(20)19-11/h1-5H,6H2,(H,17,18)(H,16,19,20). The summed E-state index contributed by atoms with van der Waals surface area (Å²) in [4.78, 5) is 26.9. The number of benzene rings is 1. The minimum absolute atomic E-state index is 0.0908. The zero-order valence-corrected chi connectivity index (χ0v) is 13.5. The summed E-state index contributed by atoms with van der Waals surface area (Å²) in [5.41, 5.74) is 2.40. The largest absolute Gasteiger partial charge is 0.333 e. The van der Waals surface area contributed by atoms with Crippen LogP contribution in [-0.2, 0) is 5.75 Å². The zero-order valence-electron chi connectivity index (χ0n) is 11.1. The molecule has 0 bridgehead atoms. The van der Waals surface area contributed by atoms with E-state index in [1.54, 1.807) is 0 Å². The number of hydrogen-bond donors (Lipinski definition) is 2. The van der Waals surface area contributed by atoms with Crippen molar-refractivity contribution >= 4 is 55.9 Å². The number of thiophene rings is 1. The van der Waals surface area contributed by atoms with Crippen molar-refractivity contribution in [2.45, 2.75) is 10.9 Å². The van der Waals surface area contributed by atoms with E-state index in [4.69, 9.17) is 11.6 Å². The second kappa shape index (κ2) is 5.42. The molecular weight excluding hydrogens is 340 g/mol. The van der Waals surface area contributed by atoms with Gasteiger partial charge in [-0.15, -0.1) is 11.3 Å². The number of nitrogens with zero attached hydrogens (tertiary/aromatic N) is 2. The van der Waals surface area contributed by atoms with E-state index < -0.39 is 0 Å². The molecule has 0 spiro atoms. The maximum absolute atomic E-state index is 11.9. The fourth-order valence-corrected chi connectivity index (χ4v) is 3.81. The molecule has 3 aromatic heterocycles. The number of H-pyrrole nitrogens is 2. The summed E-state index contributed by atoms with van der Waals surface area (Å²) >= 11 is 8.84. The van der Waals surface area contributed by atoms with Crippen LogP contribution >= 0.6 is 34.7 Å². The first-order chi connectivity index (χ1) is 10.7. The second-order valence-corrected chi connectivity index (χ2v) is 6.96. The van der Waals surface area contributed by atoms with E-state index in [9.17, 15) is 4.79 Å². The number of rotatable bonds is 3. The van der Waals surface area contributed by atoms with Crippen molar-refractivity contribution in [2.75, 3.05) is 0 Å². The van der Waals surface area contributed by atoms with Crippen molar-refractivity contribution in [1.82, 2.24) is 19.9 Å². The van der Waals surface area contributed by atoms with E-state index >= 15 is 0 Å². The van der Waals surface area contributed by atoms with Gasteiger partial charge >= 0.3 is 0 Å². The van der Waals surface area contributed by atoms with Gasteiger partial charge in [-0.1, -0.05) is 23.4 Å². The van der Waals surface area contributed by atoms with Crippen LogP contribution in [0, 0.1) is 0 Å². The number of aromatic nitrogens is 4. The first-order valence-corrected chi connectivity index (χ1v) is 8.68. The molecule has 0 unspecified atom stereocenters. The van der Waals surface area contributed by atoms with Gasteiger partial charge < -0.3 is 9.97 Å². The van der Waals surface area contributed by atoms with Gasteiger partial charge in [0.25, 0.3) is 5.56 Å². The molecule has 4 rings (SSSR count). The molecule has 0 amide bonds. The minimum Gasteiger partial charge on any atom is -0.333 e. The summed E-state index contributed by atoms with van der Waals surface area (Å²) in [5.74, 6) is 1.17. The molecule has 0 radical (unpaired) electrons. The van der Waals surface area contributed by atoms with Crippen LogP contribution < -0.4 is 5.56 Å². The summed E-state index contributed by atoms with van der Waals surface area (Å²) < 4.78 is 0.659. The van der Waals surface area contributed by atoms with Crippen LogP contribution in [0.4, 0.5) is 0 Å². The second-order valence-electron chi connectivity index (χ2n) is 4.64. The van der Waals surface area contributed by atoms with Crippen molar-refractivity contribution in [2.24, 2.45) is 0 Å². The number of thioether (sulfide) groups is 1. The third-order valence-electron chi connectivity index (χ3n) is 3.13. The maximum atomic E-state index is 11.9. The molecule has 0 aliphatic heterocycles. The predicted octanol–water partition coefficient (Wildman–Crippen LogP) is 3.81. The first kappa shape index (κ1) is 13.8. The van der Waals surface area contributed by atoms with Crippen molar-refractivity contribution in [3.05, 3.63) is 50.8 Å². The predicted molar refractivity (Wildman–Crippen MR) is 90.9 cm³/mol. The molecule has 8 heteroatoms. The fraction of sp³-hybridized carbons (Fsp3) is 0.0714. The lowest BCUT2D eigenvalue weighted by molar-refractivity contribution is 1.03. The van der Waals surface area contributed by atoms with E-state index in [0.717, 1.165) is 21.7 Å². The van der Waals surface area contributed by atoms with E-state index in [1.807, 2.05) is 29.6 Å². The summed E-state index contributed by atoms with van der Waals surface area (Å²) in [7, 11) is 0. The normalized spacial score (nSPS) is 11.5. The van der Waals surface area contributed by atoms with Gasteiger partial charge in [0.15, 0.2) is 5.16 Å². The highest BCUT2D eigenvalue weighted by Crippen LogP contribution is 2.24. The fourth-order valence-electron chi connectivity index (χ4n) is 2.15. The van der Waals surface area contributed by atoms with Crippen molar-refractivity contribution in [3.8, 4) is 0 Å². The van der Waals surface area contributed by atoms with Crippen LogP contribution in [0.1, 0.15) is 5.82 Å². The lowest BCUT2D eigenvalue weighted by Crippen LogP contribution is -2.09. The Morgan fingerprint density at radius 3 is 3.00 bits per heavy atom. The van der Waals surface area contributed by atoms with Gasteiger partial charge in [-0.25, -0.2) is 9.97 Å². The van der Waals surface area contributed by atoms with E-state index in [0.29, 0.717) is 21.3 Å². The number of hydrogen-bond acceptors (Lipinski definition) is 5. The van der Waals surface area contributed by atoms with Gasteiger partial charge in [0, 0.05) is 5.02 Å². The van der Waals surface area contributed by atoms with Crippen LogP contribution in [0.15, 0.2) is 39.6 Å². The lowest BCUT2D eigenvalue weighted by atomic mass is 10.3. The average molecular weight is 349 g/mol. The quantitative estimate of drug-likeness (QED) is 0.552. The summed E-state index contributed by atoms with van der Waals surface area (Å²) in [6, 6.07) is 7.37. The Labute approximate surface area is 137 Å². The molecule has 3 heterocycles. The van der Waals surface area contributed by atoms with Crippen LogP contribution in [0.2, 0.25) is 5.02 Å². The molecule has 0 atom stereocenters. The molecule has 0 saturated heterocycles. The van der Waals surface area contributed by atoms with Crippen molar-refractivity contribution in [1.29, 1.82) is 0 Å². The van der Waals surface area contributed by atoms with Crippen LogP contribution in [0.25, 0.3) is 21.3 Å². The highest BCUT2D eigenvalue weighted by molar-refractivity contribution is 7.98. The van der Waals surface area contributed by atoms with Crippen LogP contribution in [0.3, 0.4) is 0 Å². The number of fused-ring (bicyclic) bond motifs is 2. The minimum atomic E-state index is -0.0908. The van der Waals surface area contributed by atoms with E-state index in [2.05, 4.69) is 19.9 Å². The van der Waals surface area contributed by atoms with E-state index in [-0.39, 0.29) is 5.56 Å². The molecule has 0 fully saturated rings. The Bertz CT molecular complexity index is 1040. The molecule has 2 N–H and O–H groups in total. The van der Waals surface area contributed by atoms with Gasteiger partial charge in [0.2, 0.25) is 0 Å². The van der Waals surface area contributed by atoms with Crippen LogP contribution in [-0.4, -0.2) is 19.9 Å². The highest BCUT2D eigenvalue weighted by Gasteiger charge is 2.08. The SMILES string of the molecule is O=c1[nH]c(CSc2nc3ccc(Cl)cc3[nH]2)nc2ccsc12. The highest BCUT2D eigenvalue weighted by atomic mass is 35.5. The lowest BCUT2D eigenvalue weighted by Gasteiger charge is -1.98. The summed E-state index contributed by atoms with van der Waals surface area (Å²) in [6.07, 6.45) is 0. The van der Waals surface area contributed by atoms with Gasteiger partial charge in [-0.2, -0.15) is 0 Å². The molecular formula is C14H9ClN4OS2. The third-order valence-corrected chi connectivity index (χ3v) is 5.15. The molecule has 110 valence electrons. The topological polar surface area (TPSA) is 74.4 Å². The summed E-state index contributed by atoms with van der Waals surface area (Å²) in [6.45, 7) is 0. The van der Waals surface area contributed by atoms with Gasteiger partial charge in [-0.3, -0.25) is 4.79 Å². The Hall–Kier alpha value is -1.83. The molecule has 22 heavy (non-hydrogen) atoms. The smallest absolute Gasteiger partial charge is 0.268 e. The Kier molecular flexibility index (Phi) is 3.40. The average Bonchev–Trinajstić information content (AvgIpc) is 3.10. The number of nitrogens with one attached hydrogen (secondary N) is 2. The van der Waals surface area contributed by atoms with Gasteiger partial charge in [0.1, 0.15) is 10.5 Å². The zero-order chi connectivity index (χ0) is 15.1. The Balaban J connectivity index is 1.60. The van der Waals surface area contributed by atoms with Crippen LogP contribution in [0.5, 0.6) is 0 Å². The molecule has 4 aromatic rings. The molecule has 0 saturated carbocycles. The summed E-state index contributed by atoms with van der Waals surface area (Å²) in [5, 5.41) is 3.30. The third kappa shape index (κ3) is 2.51. The number of aromatic amines is 2. The molecule has 0 aliphatic carbocycles. The van der Waals surface area contributed by atoms with Crippen molar-refractivity contribution < 1.29 is 0 Å². The molecule has 0 aliphatic rings. The Morgan fingerprint density at radius 2 is 2.09 bits per heavy atom. The van der Waals surface area contributed by atoms with Gasteiger partial charge in [0.05, 0.1) is 22.3 Å². The maximum Gasteiger partial charge on any atom is 0.268 e. The number of imidazole rings is 1. The first-order valence-electron chi connectivity index (χ1n) is 6.43. The Morgan fingerprint density at radius 1 is 1.18 bits per heavy atom. The van der Waals surface area contributed by atoms with E-state index in [1.165, 1.54) is 23.1 Å². The number of halogens is 1.